The summed E-state index contributed by atoms with van der Waals surface area (Å²) in [5.41, 5.74) is 10.7. The molecule has 4 heteroatoms. The first-order chi connectivity index (χ1) is 23.3. The molecule has 0 aliphatic rings. The third kappa shape index (κ3) is 3.89. The summed E-state index contributed by atoms with van der Waals surface area (Å²) in [6, 6.07) is 54.9. The molecule has 0 unspecified atom stereocenters. The Morgan fingerprint density at radius 2 is 1.17 bits per heavy atom. The van der Waals surface area contributed by atoms with Crippen molar-refractivity contribution in [1.82, 2.24) is 14.1 Å². The minimum atomic E-state index is 1.06. The molecule has 0 amide bonds. The smallest absolute Gasteiger partial charge is 0.0645 e. The summed E-state index contributed by atoms with van der Waals surface area (Å²) in [6.45, 7) is 0. The number of hydrogen-bond donors (Lipinski definition) is 0. The van der Waals surface area contributed by atoms with Crippen molar-refractivity contribution in [3.05, 3.63) is 164 Å². The lowest BCUT2D eigenvalue weighted by molar-refractivity contribution is 1.14. The normalized spacial score (nSPS) is 11.8. The molecule has 0 aliphatic heterocycles. The molecule has 0 fully saturated rings. The van der Waals surface area contributed by atoms with E-state index in [-0.39, 0.29) is 0 Å². The van der Waals surface area contributed by atoms with Gasteiger partial charge < -0.3 is 9.13 Å². The number of aromatic nitrogens is 3. The van der Waals surface area contributed by atoms with E-state index >= 15 is 0 Å². The zero-order valence-electron chi connectivity index (χ0n) is 25.3. The van der Waals surface area contributed by atoms with Gasteiger partial charge in [-0.25, -0.2) is 0 Å². The quantitative estimate of drug-likeness (QED) is 0.193. The van der Waals surface area contributed by atoms with Crippen LogP contribution in [-0.2, 0) is 0 Å². The predicted molar refractivity (Wildman–Crippen MR) is 199 cm³/mol. The zero-order chi connectivity index (χ0) is 30.9. The van der Waals surface area contributed by atoms with Crippen molar-refractivity contribution >= 4 is 65.0 Å². The lowest BCUT2D eigenvalue weighted by Gasteiger charge is -2.12. The molecule has 10 rings (SSSR count). The molecule has 0 N–H and O–H groups in total. The summed E-state index contributed by atoms with van der Waals surface area (Å²) < 4.78 is 6.13. The Morgan fingerprint density at radius 3 is 2.00 bits per heavy atom. The highest BCUT2D eigenvalue weighted by Gasteiger charge is 2.22. The Kier molecular flexibility index (Phi) is 5.74. The van der Waals surface area contributed by atoms with E-state index in [9.17, 15) is 0 Å². The molecule has 6 aromatic carbocycles. The maximum atomic E-state index is 4.51. The SMILES string of the molecule is c1ccc(-c2sc3ccccc3c2-c2cccc(-n3c4ccccc4c4c3ccc3c5ccccc5n(-c5cccnc5)c34)c2)cc1. The minimum absolute atomic E-state index is 1.06. The van der Waals surface area contributed by atoms with Gasteiger partial charge in [0.2, 0.25) is 0 Å². The molecule has 0 radical (unpaired) electrons. The Bertz CT molecular complexity index is 2780. The first-order valence-corrected chi connectivity index (χ1v) is 16.7. The Balaban J connectivity index is 1.29. The van der Waals surface area contributed by atoms with Crippen molar-refractivity contribution in [2.24, 2.45) is 0 Å². The lowest BCUT2D eigenvalue weighted by Crippen LogP contribution is -1.96. The van der Waals surface area contributed by atoms with Crippen LogP contribution < -0.4 is 0 Å². The van der Waals surface area contributed by atoms with Gasteiger partial charge >= 0.3 is 0 Å². The van der Waals surface area contributed by atoms with Crippen LogP contribution in [-0.4, -0.2) is 14.1 Å². The number of hydrogen-bond acceptors (Lipinski definition) is 2. The van der Waals surface area contributed by atoms with Gasteiger partial charge in [-0.1, -0.05) is 103 Å². The third-order valence-corrected chi connectivity index (χ3v) is 10.6. The van der Waals surface area contributed by atoms with E-state index in [4.69, 9.17) is 0 Å². The molecule has 0 bridgehead atoms. The highest BCUT2D eigenvalue weighted by atomic mass is 32.1. The van der Waals surface area contributed by atoms with E-state index in [1.807, 2.05) is 29.8 Å². The summed E-state index contributed by atoms with van der Waals surface area (Å²) in [7, 11) is 0. The van der Waals surface area contributed by atoms with E-state index < -0.39 is 0 Å². The maximum absolute atomic E-state index is 4.51. The molecule has 0 saturated carbocycles. The average Bonchev–Trinajstić information content (AvgIpc) is 3.80. The van der Waals surface area contributed by atoms with Gasteiger partial charge in [0, 0.05) is 54.0 Å². The topological polar surface area (TPSA) is 22.8 Å². The fourth-order valence-corrected chi connectivity index (χ4v) is 8.70. The van der Waals surface area contributed by atoms with Gasteiger partial charge in [0.25, 0.3) is 0 Å². The standard InChI is InChI=1S/C43H27N3S/c1-2-12-28(13-3-1)43-40(35-19-6-9-22-39(35)47-43)29-14-10-15-30(26-29)45-37-21-8-5-18-34(37)41-38(45)24-23-33-32-17-4-7-20-36(32)46(42(33)41)31-16-11-25-44-27-31/h1-27H. The number of rotatable bonds is 4. The van der Waals surface area contributed by atoms with Crippen molar-refractivity contribution in [3.8, 4) is 32.9 Å². The van der Waals surface area contributed by atoms with Crippen molar-refractivity contribution in [1.29, 1.82) is 0 Å². The Hall–Kier alpha value is -5.97. The molecule has 10 aromatic rings. The average molecular weight is 618 g/mol. The molecule has 0 atom stereocenters. The first kappa shape index (κ1) is 26.3. The van der Waals surface area contributed by atoms with E-state index in [2.05, 4.69) is 160 Å². The maximum Gasteiger partial charge on any atom is 0.0645 e. The van der Waals surface area contributed by atoms with Crippen LogP contribution in [0.2, 0.25) is 0 Å². The van der Waals surface area contributed by atoms with Crippen LogP contribution in [0.5, 0.6) is 0 Å². The second kappa shape index (κ2) is 10.3. The molecular weight excluding hydrogens is 591 g/mol. The lowest BCUT2D eigenvalue weighted by atomic mass is 9.98. The van der Waals surface area contributed by atoms with Crippen LogP contribution in [0.1, 0.15) is 0 Å². The van der Waals surface area contributed by atoms with Gasteiger partial charge in [-0.3, -0.25) is 4.98 Å². The van der Waals surface area contributed by atoms with E-state index in [0.29, 0.717) is 0 Å². The summed E-state index contributed by atoms with van der Waals surface area (Å²) in [6.07, 6.45) is 3.80. The third-order valence-electron chi connectivity index (χ3n) is 9.40. The van der Waals surface area contributed by atoms with Crippen molar-refractivity contribution in [2.45, 2.75) is 0 Å². The van der Waals surface area contributed by atoms with E-state index in [0.717, 1.165) is 11.4 Å². The van der Waals surface area contributed by atoms with Crippen molar-refractivity contribution < 1.29 is 0 Å². The molecule has 47 heavy (non-hydrogen) atoms. The summed E-state index contributed by atoms with van der Waals surface area (Å²) in [5.74, 6) is 0. The number of fused-ring (bicyclic) bond motifs is 8. The number of benzene rings is 6. The van der Waals surface area contributed by atoms with Gasteiger partial charge in [0.1, 0.15) is 0 Å². The molecule has 0 aliphatic carbocycles. The highest BCUT2D eigenvalue weighted by molar-refractivity contribution is 7.23. The van der Waals surface area contributed by atoms with Crippen LogP contribution in [0.4, 0.5) is 0 Å². The zero-order valence-corrected chi connectivity index (χ0v) is 26.2. The van der Waals surface area contributed by atoms with Crippen LogP contribution >= 0.6 is 11.3 Å². The van der Waals surface area contributed by atoms with E-state index in [1.165, 1.54) is 75.3 Å². The molecule has 0 spiro atoms. The van der Waals surface area contributed by atoms with Gasteiger partial charge in [-0.2, -0.15) is 0 Å². The predicted octanol–water partition coefficient (Wildman–Crippen LogP) is 11.8. The van der Waals surface area contributed by atoms with E-state index in [1.54, 1.807) is 0 Å². The number of thiophene rings is 1. The number of para-hydroxylation sites is 2. The van der Waals surface area contributed by atoms with Gasteiger partial charge in [-0.15, -0.1) is 11.3 Å². The second-order valence-corrected chi connectivity index (χ2v) is 13.0. The fourth-order valence-electron chi connectivity index (χ4n) is 7.47. The molecule has 0 saturated heterocycles. The fraction of sp³-hybridized carbons (Fsp3) is 0. The molecular formula is C43H27N3S. The van der Waals surface area contributed by atoms with Gasteiger partial charge in [0.15, 0.2) is 0 Å². The summed E-state index contributed by atoms with van der Waals surface area (Å²) in [4.78, 5) is 5.81. The largest absolute Gasteiger partial charge is 0.309 e. The van der Waals surface area contributed by atoms with Crippen LogP contribution in [0.3, 0.4) is 0 Å². The number of nitrogens with zero attached hydrogens (tertiary/aromatic N) is 3. The minimum Gasteiger partial charge on any atom is -0.309 e. The molecule has 4 aromatic heterocycles. The second-order valence-electron chi connectivity index (χ2n) is 12.0. The first-order valence-electron chi connectivity index (χ1n) is 15.9. The molecule has 220 valence electrons. The molecule has 3 nitrogen and oxygen atoms in total. The summed E-state index contributed by atoms with van der Waals surface area (Å²) >= 11 is 1.87. The van der Waals surface area contributed by atoms with Gasteiger partial charge in [-0.05, 0) is 59.7 Å². The van der Waals surface area contributed by atoms with Crippen molar-refractivity contribution in [2.75, 3.05) is 0 Å². The van der Waals surface area contributed by atoms with Crippen molar-refractivity contribution in [3.63, 3.8) is 0 Å². The van der Waals surface area contributed by atoms with Crippen LogP contribution in [0, 0.1) is 0 Å². The number of pyridine rings is 1. The Morgan fingerprint density at radius 1 is 0.468 bits per heavy atom. The molecule has 4 heterocycles. The van der Waals surface area contributed by atoms with Crippen LogP contribution in [0.15, 0.2) is 164 Å². The van der Waals surface area contributed by atoms with Gasteiger partial charge in [0.05, 0.1) is 34.0 Å². The van der Waals surface area contributed by atoms with Crippen LogP contribution in [0.25, 0.3) is 86.6 Å². The Labute approximate surface area is 275 Å². The highest BCUT2D eigenvalue weighted by Crippen LogP contribution is 2.46. The summed E-state index contributed by atoms with van der Waals surface area (Å²) in [5, 5.41) is 6.25. The monoisotopic (exact) mass is 617 g/mol.